The van der Waals surface area contributed by atoms with Gasteiger partial charge in [-0.15, -0.1) is 0 Å². The van der Waals surface area contributed by atoms with Crippen LogP contribution < -0.4 is 0 Å². The lowest BCUT2D eigenvalue weighted by atomic mass is 9.88. The van der Waals surface area contributed by atoms with Gasteiger partial charge in [-0.2, -0.15) is 5.26 Å². The van der Waals surface area contributed by atoms with E-state index >= 15 is 0 Å². The van der Waals surface area contributed by atoms with Gasteiger partial charge in [0, 0.05) is 17.0 Å². The van der Waals surface area contributed by atoms with Crippen LogP contribution in [0.5, 0.6) is 0 Å². The minimum atomic E-state index is -0.144. The van der Waals surface area contributed by atoms with Crippen molar-refractivity contribution in [2.75, 3.05) is 0 Å². The van der Waals surface area contributed by atoms with Crippen molar-refractivity contribution in [2.24, 2.45) is 0 Å². The Hall–Kier alpha value is -1.43. The zero-order valence-electron chi connectivity index (χ0n) is 10.9. The molecule has 0 aliphatic carbocycles. The summed E-state index contributed by atoms with van der Waals surface area (Å²) >= 11 is 0. The first-order valence-electron chi connectivity index (χ1n) is 5.44. The Kier molecular flexibility index (Phi) is 3.05. The van der Waals surface area contributed by atoms with Crippen LogP contribution in [0.2, 0.25) is 0 Å². The fraction of sp³-hybridized carbons (Fsp3) is 0.615. The molecule has 1 aromatic heterocycles. The molecule has 3 nitrogen and oxygen atoms in total. The van der Waals surface area contributed by atoms with Gasteiger partial charge in [0.1, 0.15) is 6.07 Å². The molecule has 3 heteroatoms. The number of nitriles is 1. The Morgan fingerprint density at radius 1 is 1.06 bits per heavy atom. The summed E-state index contributed by atoms with van der Waals surface area (Å²) in [6.07, 6.45) is 1.78. The summed E-state index contributed by atoms with van der Waals surface area (Å²) in [4.78, 5) is 8.81. The molecule has 0 unspecified atom stereocenters. The van der Waals surface area contributed by atoms with Crippen molar-refractivity contribution in [2.45, 2.75) is 52.4 Å². The van der Waals surface area contributed by atoms with Crippen LogP contribution in [0, 0.1) is 11.3 Å². The Morgan fingerprint density at radius 2 is 1.62 bits per heavy atom. The minimum Gasteiger partial charge on any atom is -0.256 e. The number of rotatable bonds is 0. The molecule has 1 heterocycles. The molecule has 0 fully saturated rings. The molecule has 0 spiro atoms. The van der Waals surface area contributed by atoms with Gasteiger partial charge in [-0.25, -0.2) is 4.98 Å². The third-order valence-electron chi connectivity index (χ3n) is 2.36. The molecule has 0 aliphatic rings. The second-order valence-corrected chi connectivity index (χ2v) is 6.06. The lowest BCUT2D eigenvalue weighted by molar-refractivity contribution is 0.537. The van der Waals surface area contributed by atoms with E-state index in [1.807, 2.05) is 20.8 Å². The quantitative estimate of drug-likeness (QED) is 0.671. The standard InChI is InChI=1S/C13H19N3/c1-12(2,3)10-8-15-11(13(4,5)6)9(7-14)16-10/h8H,1-6H3. The molecule has 1 aromatic rings. The second-order valence-electron chi connectivity index (χ2n) is 6.06. The van der Waals surface area contributed by atoms with E-state index in [-0.39, 0.29) is 10.8 Å². The van der Waals surface area contributed by atoms with Crippen LogP contribution in [0.3, 0.4) is 0 Å². The van der Waals surface area contributed by atoms with Gasteiger partial charge in [0.25, 0.3) is 0 Å². The molecule has 86 valence electrons. The van der Waals surface area contributed by atoms with Crippen LogP contribution in [0.25, 0.3) is 0 Å². The van der Waals surface area contributed by atoms with Crippen molar-refractivity contribution in [1.82, 2.24) is 9.97 Å². The largest absolute Gasteiger partial charge is 0.256 e. The maximum absolute atomic E-state index is 9.12. The number of hydrogen-bond donors (Lipinski definition) is 0. The summed E-state index contributed by atoms with van der Waals surface area (Å²) in [5.74, 6) is 0. The fourth-order valence-electron chi connectivity index (χ4n) is 1.38. The molecule has 1 rings (SSSR count). The zero-order valence-corrected chi connectivity index (χ0v) is 10.9. The fourth-order valence-corrected chi connectivity index (χ4v) is 1.38. The van der Waals surface area contributed by atoms with E-state index in [2.05, 4.69) is 36.8 Å². The number of nitrogens with zero attached hydrogens (tertiary/aromatic N) is 3. The van der Waals surface area contributed by atoms with Gasteiger partial charge in [-0.1, -0.05) is 41.5 Å². The highest BCUT2D eigenvalue weighted by Crippen LogP contribution is 2.25. The van der Waals surface area contributed by atoms with E-state index < -0.39 is 0 Å². The molecular weight excluding hydrogens is 198 g/mol. The summed E-state index contributed by atoms with van der Waals surface area (Å²) in [6.45, 7) is 12.3. The van der Waals surface area contributed by atoms with Crippen molar-refractivity contribution in [3.05, 3.63) is 23.3 Å². The van der Waals surface area contributed by atoms with E-state index in [1.54, 1.807) is 6.20 Å². The number of aromatic nitrogens is 2. The van der Waals surface area contributed by atoms with E-state index in [0.29, 0.717) is 5.69 Å². The molecule has 0 aliphatic heterocycles. The maximum Gasteiger partial charge on any atom is 0.162 e. The molecule has 0 amide bonds. The van der Waals surface area contributed by atoms with Gasteiger partial charge in [0.05, 0.1) is 11.4 Å². The smallest absolute Gasteiger partial charge is 0.162 e. The van der Waals surface area contributed by atoms with Crippen LogP contribution in [0.15, 0.2) is 6.20 Å². The van der Waals surface area contributed by atoms with Gasteiger partial charge in [0.15, 0.2) is 5.69 Å². The van der Waals surface area contributed by atoms with Crippen LogP contribution in [0.1, 0.15) is 58.6 Å². The van der Waals surface area contributed by atoms with Crippen LogP contribution in [-0.4, -0.2) is 9.97 Å². The van der Waals surface area contributed by atoms with E-state index in [9.17, 15) is 0 Å². The Morgan fingerprint density at radius 3 is 2.00 bits per heavy atom. The third kappa shape index (κ3) is 2.57. The van der Waals surface area contributed by atoms with Gasteiger partial charge >= 0.3 is 0 Å². The predicted molar refractivity (Wildman–Crippen MR) is 64.1 cm³/mol. The average molecular weight is 217 g/mol. The van der Waals surface area contributed by atoms with Crippen molar-refractivity contribution in [3.8, 4) is 6.07 Å². The van der Waals surface area contributed by atoms with Crippen LogP contribution >= 0.6 is 0 Å². The van der Waals surface area contributed by atoms with E-state index in [0.717, 1.165) is 11.4 Å². The third-order valence-corrected chi connectivity index (χ3v) is 2.36. The van der Waals surface area contributed by atoms with E-state index in [4.69, 9.17) is 5.26 Å². The Balaban J connectivity index is 3.36. The Labute approximate surface area is 97.5 Å². The van der Waals surface area contributed by atoms with Crippen molar-refractivity contribution < 1.29 is 0 Å². The van der Waals surface area contributed by atoms with Gasteiger partial charge in [-0.3, -0.25) is 4.98 Å². The zero-order chi connectivity index (χ0) is 12.6. The molecule has 0 saturated carbocycles. The first-order valence-corrected chi connectivity index (χ1v) is 5.44. The monoisotopic (exact) mass is 217 g/mol. The summed E-state index contributed by atoms with van der Waals surface area (Å²) in [6, 6.07) is 2.14. The average Bonchev–Trinajstić information content (AvgIpc) is 2.14. The topological polar surface area (TPSA) is 49.6 Å². The molecule has 0 saturated heterocycles. The highest BCUT2D eigenvalue weighted by Gasteiger charge is 2.24. The minimum absolute atomic E-state index is 0.0744. The lowest BCUT2D eigenvalue weighted by Gasteiger charge is -2.22. The molecule has 0 N–H and O–H groups in total. The second kappa shape index (κ2) is 3.86. The normalized spacial score (nSPS) is 12.3. The van der Waals surface area contributed by atoms with Crippen LogP contribution in [-0.2, 0) is 10.8 Å². The molecule has 0 aromatic carbocycles. The molecular formula is C13H19N3. The SMILES string of the molecule is CC(C)(C)c1cnc(C(C)(C)C)c(C#N)n1. The Bertz CT molecular complexity index is 428. The van der Waals surface area contributed by atoms with E-state index in [1.165, 1.54) is 0 Å². The molecule has 0 bridgehead atoms. The van der Waals surface area contributed by atoms with Gasteiger partial charge in [0.2, 0.25) is 0 Å². The highest BCUT2D eigenvalue weighted by molar-refractivity contribution is 5.32. The maximum atomic E-state index is 9.12. The first-order chi connectivity index (χ1) is 7.16. The van der Waals surface area contributed by atoms with Crippen molar-refractivity contribution >= 4 is 0 Å². The summed E-state index contributed by atoms with van der Waals surface area (Å²) in [5, 5.41) is 9.12. The predicted octanol–water partition coefficient (Wildman–Crippen LogP) is 2.94. The van der Waals surface area contributed by atoms with Crippen molar-refractivity contribution in [1.29, 1.82) is 5.26 Å². The summed E-state index contributed by atoms with van der Waals surface area (Å²) in [5.41, 5.74) is 1.85. The van der Waals surface area contributed by atoms with Crippen LogP contribution in [0.4, 0.5) is 0 Å². The van der Waals surface area contributed by atoms with Crippen molar-refractivity contribution in [3.63, 3.8) is 0 Å². The van der Waals surface area contributed by atoms with Gasteiger partial charge in [-0.05, 0) is 0 Å². The number of hydrogen-bond acceptors (Lipinski definition) is 3. The highest BCUT2D eigenvalue weighted by atomic mass is 14.8. The first kappa shape index (κ1) is 12.6. The summed E-state index contributed by atoms with van der Waals surface area (Å²) in [7, 11) is 0. The lowest BCUT2D eigenvalue weighted by Crippen LogP contribution is -2.21. The molecule has 16 heavy (non-hydrogen) atoms. The molecule has 0 radical (unpaired) electrons. The van der Waals surface area contributed by atoms with Gasteiger partial charge < -0.3 is 0 Å². The molecule has 0 atom stereocenters. The summed E-state index contributed by atoms with van der Waals surface area (Å²) < 4.78 is 0.